The normalized spacial score (nSPS) is 25.7. The maximum Gasteiger partial charge on any atom is 0.225 e. The van der Waals surface area contributed by atoms with Crippen LogP contribution in [-0.4, -0.2) is 31.9 Å². The fourth-order valence-electron chi connectivity index (χ4n) is 2.55. The molecule has 1 aromatic heterocycles. The van der Waals surface area contributed by atoms with Crippen LogP contribution in [0.3, 0.4) is 0 Å². The van der Waals surface area contributed by atoms with E-state index in [1.165, 1.54) is 0 Å². The first kappa shape index (κ1) is 12.1. The van der Waals surface area contributed by atoms with Gasteiger partial charge in [-0.05, 0) is 20.8 Å². The Bertz CT molecular complexity index is 432. The second-order valence-corrected chi connectivity index (χ2v) is 5.68. The zero-order valence-corrected chi connectivity index (χ0v) is 10.8. The van der Waals surface area contributed by atoms with Crippen molar-refractivity contribution in [3.8, 4) is 0 Å². The van der Waals surface area contributed by atoms with Crippen LogP contribution in [0.15, 0.2) is 12.5 Å². The fraction of sp³-hybridized carbons (Fsp3) is 0.667. The van der Waals surface area contributed by atoms with E-state index >= 15 is 0 Å². The molecule has 2 atom stereocenters. The number of hydrogen-bond donors (Lipinski definition) is 1. The molecule has 2 N–H and O–H groups in total. The summed E-state index contributed by atoms with van der Waals surface area (Å²) in [5.74, 6) is 0.121. The van der Waals surface area contributed by atoms with Gasteiger partial charge in [-0.1, -0.05) is 0 Å². The Morgan fingerprint density at radius 3 is 2.59 bits per heavy atom. The molecule has 2 rings (SSSR count). The van der Waals surface area contributed by atoms with E-state index in [9.17, 15) is 4.79 Å². The van der Waals surface area contributed by atoms with E-state index in [-0.39, 0.29) is 23.5 Å². The number of aromatic nitrogens is 2. The molecule has 0 bridgehead atoms. The van der Waals surface area contributed by atoms with E-state index < -0.39 is 0 Å². The van der Waals surface area contributed by atoms with Gasteiger partial charge >= 0.3 is 0 Å². The van der Waals surface area contributed by atoms with Crippen molar-refractivity contribution < 1.29 is 4.79 Å². The molecule has 94 valence electrons. The highest BCUT2D eigenvalue weighted by Crippen LogP contribution is 2.37. The van der Waals surface area contributed by atoms with Gasteiger partial charge < -0.3 is 15.2 Å². The lowest BCUT2D eigenvalue weighted by molar-refractivity contribution is -0.133. The predicted octanol–water partition coefficient (Wildman–Crippen LogP) is 0.819. The molecule has 1 aliphatic heterocycles. The van der Waals surface area contributed by atoms with Crippen molar-refractivity contribution in [1.29, 1.82) is 0 Å². The number of likely N-dealkylation sites (tertiary alicyclic amines) is 1. The molecule has 0 aliphatic carbocycles. The number of rotatable bonds is 1. The van der Waals surface area contributed by atoms with Crippen LogP contribution >= 0.6 is 0 Å². The van der Waals surface area contributed by atoms with Crippen LogP contribution in [-0.2, 0) is 11.8 Å². The highest BCUT2D eigenvalue weighted by atomic mass is 16.2. The second kappa shape index (κ2) is 3.84. The largest absolute Gasteiger partial charge is 0.336 e. The first-order valence-corrected chi connectivity index (χ1v) is 5.86. The van der Waals surface area contributed by atoms with E-state index in [2.05, 4.69) is 4.98 Å². The number of nitrogens with zero attached hydrogens (tertiary/aromatic N) is 3. The average molecular weight is 236 g/mol. The van der Waals surface area contributed by atoms with Crippen molar-refractivity contribution in [3.63, 3.8) is 0 Å². The maximum absolute atomic E-state index is 12.1. The van der Waals surface area contributed by atoms with Crippen molar-refractivity contribution in [3.05, 3.63) is 18.2 Å². The van der Waals surface area contributed by atoms with Gasteiger partial charge in [0.05, 0.1) is 24.3 Å². The smallest absolute Gasteiger partial charge is 0.225 e. The quantitative estimate of drug-likeness (QED) is 0.785. The van der Waals surface area contributed by atoms with Crippen molar-refractivity contribution in [2.24, 2.45) is 12.8 Å². The topological polar surface area (TPSA) is 64.2 Å². The van der Waals surface area contributed by atoms with Gasteiger partial charge in [0, 0.05) is 25.0 Å². The molecule has 0 aromatic carbocycles. The average Bonchev–Trinajstić information content (AvgIpc) is 2.68. The van der Waals surface area contributed by atoms with Crippen LogP contribution in [0.4, 0.5) is 0 Å². The third-order valence-electron chi connectivity index (χ3n) is 3.24. The third kappa shape index (κ3) is 1.95. The summed E-state index contributed by atoms with van der Waals surface area (Å²) >= 11 is 0. The summed E-state index contributed by atoms with van der Waals surface area (Å²) < 4.78 is 1.93. The highest BCUT2D eigenvalue weighted by molar-refractivity contribution is 5.81. The van der Waals surface area contributed by atoms with Gasteiger partial charge in [-0.15, -0.1) is 0 Å². The summed E-state index contributed by atoms with van der Waals surface area (Å²) in [6, 6.07) is -0.230. The molecule has 5 nitrogen and oxygen atoms in total. The minimum Gasteiger partial charge on any atom is -0.336 e. The summed E-state index contributed by atoms with van der Waals surface area (Å²) in [5.41, 5.74) is 6.89. The van der Waals surface area contributed by atoms with Gasteiger partial charge in [0.1, 0.15) is 0 Å². The Morgan fingerprint density at radius 1 is 1.47 bits per heavy atom. The van der Waals surface area contributed by atoms with E-state index in [0.717, 1.165) is 5.69 Å². The SMILES string of the molecule is Cn1cncc1C1C(N)CC(=O)N1C(C)(C)C. The molecule has 17 heavy (non-hydrogen) atoms. The fourth-order valence-corrected chi connectivity index (χ4v) is 2.55. The number of carbonyl (C=O) groups excluding carboxylic acids is 1. The van der Waals surface area contributed by atoms with Crippen LogP contribution in [0.1, 0.15) is 38.9 Å². The molecular weight excluding hydrogens is 216 g/mol. The second-order valence-electron chi connectivity index (χ2n) is 5.68. The summed E-state index contributed by atoms with van der Waals surface area (Å²) in [4.78, 5) is 18.1. The Kier molecular flexibility index (Phi) is 2.73. The van der Waals surface area contributed by atoms with Crippen LogP contribution in [0, 0.1) is 0 Å². The van der Waals surface area contributed by atoms with Gasteiger partial charge in [0.15, 0.2) is 0 Å². The number of imidazole rings is 1. The summed E-state index contributed by atoms with van der Waals surface area (Å²) in [6.45, 7) is 6.10. The lowest BCUT2D eigenvalue weighted by Crippen LogP contribution is -2.46. The Hall–Kier alpha value is -1.36. The van der Waals surface area contributed by atoms with E-state index in [1.807, 2.05) is 37.3 Å². The molecule has 1 amide bonds. The monoisotopic (exact) mass is 236 g/mol. The van der Waals surface area contributed by atoms with Crippen LogP contribution in [0.25, 0.3) is 0 Å². The summed E-state index contributed by atoms with van der Waals surface area (Å²) in [6.07, 6.45) is 3.95. The lowest BCUT2D eigenvalue weighted by Gasteiger charge is -2.38. The number of hydrogen-bond acceptors (Lipinski definition) is 3. The van der Waals surface area contributed by atoms with Crippen molar-refractivity contribution in [2.45, 2.75) is 44.8 Å². The summed E-state index contributed by atoms with van der Waals surface area (Å²) in [7, 11) is 1.93. The molecule has 1 fully saturated rings. The predicted molar refractivity (Wildman–Crippen MR) is 65.1 cm³/mol. The molecular formula is C12H20N4O. The van der Waals surface area contributed by atoms with Gasteiger partial charge in [0.25, 0.3) is 0 Å². The number of aryl methyl sites for hydroxylation is 1. The van der Waals surface area contributed by atoms with Gasteiger partial charge in [-0.25, -0.2) is 4.98 Å². The molecule has 0 saturated carbocycles. The molecule has 5 heteroatoms. The van der Waals surface area contributed by atoms with Crippen molar-refractivity contribution in [2.75, 3.05) is 0 Å². The Labute approximate surface area is 102 Å². The minimum absolute atomic E-state index is 0.0741. The van der Waals surface area contributed by atoms with Gasteiger partial charge in [-0.3, -0.25) is 4.79 Å². The number of amides is 1. The Morgan fingerprint density at radius 2 is 2.12 bits per heavy atom. The van der Waals surface area contributed by atoms with Crippen molar-refractivity contribution >= 4 is 5.91 Å². The first-order valence-electron chi connectivity index (χ1n) is 5.86. The summed E-state index contributed by atoms with van der Waals surface area (Å²) in [5, 5.41) is 0. The molecule has 1 saturated heterocycles. The molecule has 1 aromatic rings. The molecule has 0 radical (unpaired) electrons. The van der Waals surface area contributed by atoms with Gasteiger partial charge in [0.2, 0.25) is 5.91 Å². The number of carbonyl (C=O) groups is 1. The van der Waals surface area contributed by atoms with E-state index in [4.69, 9.17) is 5.73 Å². The molecule has 2 heterocycles. The highest BCUT2D eigenvalue weighted by Gasteiger charge is 2.44. The molecule has 1 aliphatic rings. The lowest BCUT2D eigenvalue weighted by atomic mass is 10.0. The number of nitrogens with two attached hydrogens (primary N) is 1. The van der Waals surface area contributed by atoms with Crippen LogP contribution in [0.2, 0.25) is 0 Å². The maximum atomic E-state index is 12.1. The zero-order chi connectivity index (χ0) is 12.8. The third-order valence-corrected chi connectivity index (χ3v) is 3.24. The minimum atomic E-state index is -0.222. The van der Waals surface area contributed by atoms with Crippen molar-refractivity contribution in [1.82, 2.24) is 14.5 Å². The molecule has 2 unspecified atom stereocenters. The molecule has 0 spiro atoms. The van der Waals surface area contributed by atoms with Gasteiger partial charge in [-0.2, -0.15) is 0 Å². The van der Waals surface area contributed by atoms with Crippen LogP contribution in [0.5, 0.6) is 0 Å². The first-order chi connectivity index (χ1) is 7.82. The zero-order valence-electron chi connectivity index (χ0n) is 10.8. The standard InChI is InChI=1S/C12H20N4O/c1-12(2,3)16-10(17)5-8(13)11(16)9-6-14-7-15(9)4/h6-8,11H,5,13H2,1-4H3. The van der Waals surface area contributed by atoms with Crippen LogP contribution < -0.4 is 5.73 Å². The Balaban J connectivity index is 2.43. The van der Waals surface area contributed by atoms with E-state index in [0.29, 0.717) is 6.42 Å². The van der Waals surface area contributed by atoms with E-state index in [1.54, 1.807) is 12.5 Å².